The molecule has 24 heavy (non-hydrogen) atoms. The fourth-order valence-electron chi connectivity index (χ4n) is 3.64. The van der Waals surface area contributed by atoms with Crippen molar-refractivity contribution in [2.24, 2.45) is 5.92 Å². The highest BCUT2D eigenvalue weighted by Crippen LogP contribution is 2.23. The van der Waals surface area contributed by atoms with Crippen LogP contribution in [0.2, 0.25) is 0 Å². The maximum absolute atomic E-state index is 12.9. The summed E-state index contributed by atoms with van der Waals surface area (Å²) in [5.41, 5.74) is 4.10. The van der Waals surface area contributed by atoms with Gasteiger partial charge >= 0.3 is 0 Å². The summed E-state index contributed by atoms with van der Waals surface area (Å²) in [4.78, 5) is 18.1. The Morgan fingerprint density at radius 2 is 2.25 bits per heavy atom. The molecule has 1 aliphatic rings. The molecule has 1 aliphatic heterocycles. The largest absolute Gasteiger partial charge is 0.351 e. The van der Waals surface area contributed by atoms with E-state index >= 15 is 0 Å². The van der Waals surface area contributed by atoms with Crippen LogP contribution in [0.15, 0.2) is 36.5 Å². The fourth-order valence-corrected chi connectivity index (χ4v) is 3.64. The number of carbonyl (C=O) groups excluding carboxylic acids is 1. The number of para-hydroxylation sites is 1. The molecule has 4 rings (SSSR count). The van der Waals surface area contributed by atoms with Gasteiger partial charge in [0, 0.05) is 29.7 Å². The van der Waals surface area contributed by atoms with Gasteiger partial charge in [-0.2, -0.15) is 5.10 Å². The van der Waals surface area contributed by atoms with Crippen LogP contribution in [0.25, 0.3) is 10.9 Å². The maximum Gasteiger partial charge on any atom is 0.270 e. The lowest BCUT2D eigenvalue weighted by molar-refractivity contribution is 0.0668. The van der Waals surface area contributed by atoms with Crippen LogP contribution in [0.3, 0.4) is 0 Å². The first-order chi connectivity index (χ1) is 11.7. The number of hydrogen-bond donors (Lipinski definition) is 2. The molecule has 0 spiro atoms. The third kappa shape index (κ3) is 2.82. The predicted octanol–water partition coefficient (Wildman–Crippen LogP) is 3.29. The highest BCUT2D eigenvalue weighted by molar-refractivity contribution is 5.98. The molecule has 124 valence electrons. The molecule has 2 N–H and O–H groups in total. The molecule has 0 bridgehead atoms. The van der Waals surface area contributed by atoms with E-state index < -0.39 is 0 Å². The van der Waals surface area contributed by atoms with Crippen molar-refractivity contribution in [2.75, 3.05) is 13.1 Å². The molecule has 3 heterocycles. The lowest BCUT2D eigenvalue weighted by Gasteiger charge is -2.32. The zero-order valence-corrected chi connectivity index (χ0v) is 13.9. The minimum Gasteiger partial charge on any atom is -0.351 e. The van der Waals surface area contributed by atoms with Crippen LogP contribution < -0.4 is 0 Å². The molecule has 5 nitrogen and oxygen atoms in total. The number of piperidine rings is 1. The second kappa shape index (κ2) is 6.15. The van der Waals surface area contributed by atoms with Gasteiger partial charge < -0.3 is 9.88 Å². The average Bonchev–Trinajstić information content (AvgIpc) is 3.21. The molecular weight excluding hydrogens is 300 g/mol. The van der Waals surface area contributed by atoms with Crippen molar-refractivity contribution in [3.05, 3.63) is 53.5 Å². The number of nitrogens with zero attached hydrogens (tertiary/aromatic N) is 2. The van der Waals surface area contributed by atoms with E-state index in [1.165, 1.54) is 11.3 Å². The molecule has 1 amide bonds. The summed E-state index contributed by atoms with van der Waals surface area (Å²) in [6.07, 6.45) is 5.05. The fraction of sp³-hybridized carbons (Fsp3) is 0.368. The molecule has 1 saturated heterocycles. The van der Waals surface area contributed by atoms with Gasteiger partial charge in [-0.15, -0.1) is 0 Å². The smallest absolute Gasteiger partial charge is 0.270 e. The third-order valence-electron chi connectivity index (χ3n) is 4.99. The van der Waals surface area contributed by atoms with Gasteiger partial charge in [0.2, 0.25) is 0 Å². The first-order valence-electron chi connectivity index (χ1n) is 8.56. The lowest BCUT2D eigenvalue weighted by atomic mass is 9.92. The van der Waals surface area contributed by atoms with E-state index in [4.69, 9.17) is 0 Å². The Balaban J connectivity index is 1.49. The molecule has 1 aromatic carbocycles. The Bertz CT molecular complexity index is 830. The summed E-state index contributed by atoms with van der Waals surface area (Å²) >= 11 is 0. The van der Waals surface area contributed by atoms with Crippen molar-refractivity contribution in [1.29, 1.82) is 0 Å². The number of aromatic nitrogens is 3. The second-order valence-corrected chi connectivity index (χ2v) is 6.77. The van der Waals surface area contributed by atoms with E-state index in [2.05, 4.69) is 22.1 Å². The van der Waals surface area contributed by atoms with Gasteiger partial charge in [0.05, 0.1) is 6.20 Å². The van der Waals surface area contributed by atoms with Crippen molar-refractivity contribution in [1.82, 2.24) is 20.1 Å². The van der Waals surface area contributed by atoms with E-state index in [-0.39, 0.29) is 5.91 Å². The van der Waals surface area contributed by atoms with Crippen LogP contribution in [0.1, 0.15) is 34.6 Å². The number of hydrogen-bond acceptors (Lipinski definition) is 2. The predicted molar refractivity (Wildman–Crippen MR) is 94.0 cm³/mol. The van der Waals surface area contributed by atoms with Crippen LogP contribution >= 0.6 is 0 Å². The Morgan fingerprint density at radius 3 is 3.04 bits per heavy atom. The topological polar surface area (TPSA) is 64.8 Å². The van der Waals surface area contributed by atoms with Crippen LogP contribution in [-0.2, 0) is 6.42 Å². The number of rotatable bonds is 3. The Morgan fingerprint density at radius 1 is 1.38 bits per heavy atom. The van der Waals surface area contributed by atoms with Crippen LogP contribution in [0.4, 0.5) is 0 Å². The zero-order chi connectivity index (χ0) is 16.5. The van der Waals surface area contributed by atoms with Crippen molar-refractivity contribution >= 4 is 16.8 Å². The van der Waals surface area contributed by atoms with Crippen LogP contribution in [-0.4, -0.2) is 39.1 Å². The molecule has 1 fully saturated rings. The molecule has 0 radical (unpaired) electrons. The van der Waals surface area contributed by atoms with Gasteiger partial charge in [-0.25, -0.2) is 0 Å². The number of aryl methyl sites for hydroxylation is 1. The van der Waals surface area contributed by atoms with E-state index in [0.29, 0.717) is 11.6 Å². The summed E-state index contributed by atoms with van der Waals surface area (Å²) in [5.74, 6) is 0.600. The van der Waals surface area contributed by atoms with Gasteiger partial charge in [0.1, 0.15) is 5.69 Å². The monoisotopic (exact) mass is 322 g/mol. The van der Waals surface area contributed by atoms with Gasteiger partial charge in [-0.05, 0) is 49.8 Å². The summed E-state index contributed by atoms with van der Waals surface area (Å²) in [5, 5.41) is 8.27. The van der Waals surface area contributed by atoms with Crippen LogP contribution in [0.5, 0.6) is 0 Å². The first kappa shape index (κ1) is 15.0. The highest BCUT2D eigenvalue weighted by Gasteiger charge is 2.26. The number of likely N-dealkylation sites (tertiary alicyclic amines) is 1. The average molecular weight is 322 g/mol. The van der Waals surface area contributed by atoms with E-state index in [1.54, 1.807) is 0 Å². The van der Waals surface area contributed by atoms with E-state index in [9.17, 15) is 4.79 Å². The number of carbonyl (C=O) groups is 1. The maximum atomic E-state index is 12.9. The molecule has 0 saturated carbocycles. The minimum absolute atomic E-state index is 0.109. The molecule has 3 aromatic rings. The van der Waals surface area contributed by atoms with Crippen molar-refractivity contribution in [3.8, 4) is 0 Å². The number of H-pyrrole nitrogens is 2. The first-order valence-corrected chi connectivity index (χ1v) is 8.56. The summed E-state index contributed by atoms with van der Waals surface area (Å²) in [7, 11) is 0. The van der Waals surface area contributed by atoms with Gasteiger partial charge in [-0.1, -0.05) is 18.2 Å². The number of aromatic amines is 2. The van der Waals surface area contributed by atoms with E-state index in [1.807, 2.05) is 41.4 Å². The van der Waals surface area contributed by atoms with Crippen molar-refractivity contribution in [3.63, 3.8) is 0 Å². The minimum atomic E-state index is 0.109. The van der Waals surface area contributed by atoms with Crippen molar-refractivity contribution < 1.29 is 4.79 Å². The molecule has 5 heteroatoms. The standard InChI is InChI=1S/C19H22N4O/c1-13-11-20-22-17(13)9-14-5-4-8-23(12-14)19(24)18-10-15-6-2-3-7-16(15)21-18/h2-3,6-7,10-11,14,21H,4-5,8-9,12H2,1H3,(H,20,22)/t14-/m1/s1. The number of benzene rings is 1. The lowest BCUT2D eigenvalue weighted by Crippen LogP contribution is -2.40. The number of fused-ring (bicyclic) bond motifs is 1. The Labute approximate surface area is 141 Å². The Kier molecular flexibility index (Phi) is 3.84. The summed E-state index contributed by atoms with van der Waals surface area (Å²) in [6, 6.07) is 9.97. The molecule has 0 unspecified atom stereocenters. The van der Waals surface area contributed by atoms with Gasteiger partial charge in [0.15, 0.2) is 0 Å². The zero-order valence-electron chi connectivity index (χ0n) is 13.9. The Hall–Kier alpha value is -2.56. The van der Waals surface area contributed by atoms with Gasteiger partial charge in [-0.3, -0.25) is 9.89 Å². The molecular formula is C19H22N4O. The SMILES string of the molecule is Cc1cn[nH]c1C[C@H]1CCCN(C(=O)c2cc3ccccc3[nH]2)C1. The number of amides is 1. The summed E-state index contributed by atoms with van der Waals surface area (Å²) < 4.78 is 0. The van der Waals surface area contributed by atoms with E-state index in [0.717, 1.165) is 43.3 Å². The third-order valence-corrected chi connectivity index (χ3v) is 4.99. The number of nitrogens with one attached hydrogen (secondary N) is 2. The quantitative estimate of drug-likeness (QED) is 0.777. The van der Waals surface area contributed by atoms with Crippen molar-refractivity contribution in [2.45, 2.75) is 26.2 Å². The van der Waals surface area contributed by atoms with Gasteiger partial charge in [0.25, 0.3) is 5.91 Å². The normalized spacial score (nSPS) is 18.2. The molecule has 1 atom stereocenters. The molecule has 2 aromatic heterocycles. The second-order valence-electron chi connectivity index (χ2n) is 6.77. The molecule has 0 aliphatic carbocycles. The summed E-state index contributed by atoms with van der Waals surface area (Å²) in [6.45, 7) is 3.73. The van der Waals surface area contributed by atoms with Crippen LogP contribution in [0, 0.1) is 12.8 Å². The highest BCUT2D eigenvalue weighted by atomic mass is 16.2.